The topological polar surface area (TPSA) is 53.4 Å². The van der Waals surface area contributed by atoms with Gasteiger partial charge in [0.25, 0.3) is 0 Å². The molecule has 1 aliphatic carbocycles. The summed E-state index contributed by atoms with van der Waals surface area (Å²) in [4.78, 5) is 18.8. The summed E-state index contributed by atoms with van der Waals surface area (Å²) in [7, 11) is 0. The molecule has 4 heteroatoms. The number of aromatic nitrogens is 1. The molecule has 20 heavy (non-hydrogen) atoms. The molecule has 0 radical (unpaired) electrons. The van der Waals surface area contributed by atoms with Gasteiger partial charge in [-0.1, -0.05) is 6.92 Å². The van der Waals surface area contributed by atoms with Crippen molar-refractivity contribution < 1.29 is 9.90 Å². The maximum absolute atomic E-state index is 12.4. The molecule has 2 aliphatic rings. The van der Waals surface area contributed by atoms with E-state index in [2.05, 4.69) is 16.8 Å². The highest BCUT2D eigenvalue weighted by Gasteiger charge is 2.41. The molecule has 3 rings (SSSR count). The summed E-state index contributed by atoms with van der Waals surface area (Å²) in [6, 6.07) is 3.01. The molecule has 2 fully saturated rings. The quantitative estimate of drug-likeness (QED) is 0.860. The average Bonchev–Trinajstić information content (AvgIpc) is 2.95. The molecule has 0 aromatic carbocycles. The lowest BCUT2D eigenvalue weighted by atomic mass is 10.0. The Kier molecular flexibility index (Phi) is 3.50. The second kappa shape index (κ2) is 5.17. The molecule has 1 N–H and O–H groups in total. The Bertz CT molecular complexity index is 486. The van der Waals surface area contributed by atoms with Crippen molar-refractivity contribution in [2.45, 2.75) is 32.7 Å². The highest BCUT2D eigenvalue weighted by Crippen LogP contribution is 2.41. The maximum Gasteiger partial charge on any atom is 0.197 e. The van der Waals surface area contributed by atoms with E-state index in [9.17, 15) is 9.90 Å². The zero-order valence-corrected chi connectivity index (χ0v) is 12.1. The third-order valence-corrected chi connectivity index (χ3v) is 4.94. The van der Waals surface area contributed by atoms with Gasteiger partial charge in [-0.2, -0.15) is 0 Å². The SMILES string of the molecule is CC1C[C@@H]2CN(C(C)C(=O)c3ccc(O)cn3)C[C@@H]2C1. The Morgan fingerprint density at radius 1 is 1.35 bits per heavy atom. The van der Waals surface area contributed by atoms with Gasteiger partial charge in [-0.3, -0.25) is 9.69 Å². The molecule has 2 unspecified atom stereocenters. The van der Waals surface area contributed by atoms with Crippen LogP contribution in [0.25, 0.3) is 0 Å². The number of carbonyl (C=O) groups is 1. The van der Waals surface area contributed by atoms with Gasteiger partial charge in [-0.15, -0.1) is 0 Å². The van der Waals surface area contributed by atoms with Crippen LogP contribution in [0.5, 0.6) is 5.75 Å². The van der Waals surface area contributed by atoms with Crippen molar-refractivity contribution in [2.75, 3.05) is 13.1 Å². The number of nitrogens with zero attached hydrogens (tertiary/aromatic N) is 2. The summed E-state index contributed by atoms with van der Waals surface area (Å²) in [5.74, 6) is 2.54. The third kappa shape index (κ3) is 2.44. The normalized spacial score (nSPS) is 31.2. The van der Waals surface area contributed by atoms with Crippen LogP contribution in [0.3, 0.4) is 0 Å². The minimum atomic E-state index is -0.118. The Hall–Kier alpha value is -1.42. The number of Topliss-reactive ketones (excluding diaryl/α,β-unsaturated/α-hetero) is 1. The van der Waals surface area contributed by atoms with Crippen LogP contribution >= 0.6 is 0 Å². The van der Waals surface area contributed by atoms with Crippen molar-refractivity contribution in [3.8, 4) is 5.75 Å². The van der Waals surface area contributed by atoms with E-state index in [0.717, 1.165) is 30.8 Å². The Labute approximate surface area is 119 Å². The fraction of sp³-hybridized carbons (Fsp3) is 0.625. The van der Waals surface area contributed by atoms with E-state index in [1.807, 2.05) is 6.92 Å². The maximum atomic E-state index is 12.4. The monoisotopic (exact) mass is 274 g/mol. The number of aromatic hydroxyl groups is 1. The number of likely N-dealkylation sites (tertiary alicyclic amines) is 1. The molecule has 1 aromatic rings. The van der Waals surface area contributed by atoms with Gasteiger partial charge in [-0.05, 0) is 49.7 Å². The van der Waals surface area contributed by atoms with Crippen LogP contribution in [0.2, 0.25) is 0 Å². The molecule has 1 saturated carbocycles. The van der Waals surface area contributed by atoms with Crippen LogP contribution in [0.1, 0.15) is 37.2 Å². The first-order chi connectivity index (χ1) is 9.54. The van der Waals surface area contributed by atoms with Gasteiger partial charge in [0, 0.05) is 13.1 Å². The molecule has 1 aliphatic heterocycles. The highest BCUT2D eigenvalue weighted by molar-refractivity contribution is 5.98. The van der Waals surface area contributed by atoms with Gasteiger partial charge in [0.1, 0.15) is 11.4 Å². The summed E-state index contributed by atoms with van der Waals surface area (Å²) in [6.07, 6.45) is 3.94. The van der Waals surface area contributed by atoms with E-state index < -0.39 is 0 Å². The number of fused-ring (bicyclic) bond motifs is 1. The van der Waals surface area contributed by atoms with Crippen molar-refractivity contribution in [3.63, 3.8) is 0 Å². The summed E-state index contributed by atoms with van der Waals surface area (Å²) in [6.45, 7) is 6.39. The Morgan fingerprint density at radius 3 is 2.55 bits per heavy atom. The lowest BCUT2D eigenvalue weighted by Gasteiger charge is -2.24. The summed E-state index contributed by atoms with van der Waals surface area (Å²) in [5, 5.41) is 9.24. The first-order valence-electron chi connectivity index (χ1n) is 7.48. The molecule has 0 spiro atoms. The minimum Gasteiger partial charge on any atom is -0.506 e. The van der Waals surface area contributed by atoms with Gasteiger partial charge in [-0.25, -0.2) is 4.98 Å². The molecule has 108 valence electrons. The summed E-state index contributed by atoms with van der Waals surface area (Å²) >= 11 is 0. The second-order valence-corrected chi connectivity index (χ2v) is 6.49. The van der Waals surface area contributed by atoms with E-state index in [4.69, 9.17) is 0 Å². The second-order valence-electron chi connectivity index (χ2n) is 6.49. The lowest BCUT2D eigenvalue weighted by molar-refractivity contribution is 0.0851. The standard InChI is InChI=1S/C16H22N2O2/c1-10-5-12-8-18(9-13(12)6-10)11(2)16(20)15-4-3-14(19)7-17-15/h3-4,7,10-13,19H,5-6,8-9H2,1-2H3/t10?,11?,12-,13+. The van der Waals surface area contributed by atoms with Gasteiger partial charge < -0.3 is 5.11 Å². The van der Waals surface area contributed by atoms with Crippen LogP contribution in [0.4, 0.5) is 0 Å². The predicted molar refractivity (Wildman–Crippen MR) is 76.6 cm³/mol. The zero-order chi connectivity index (χ0) is 14.3. The number of hydrogen-bond acceptors (Lipinski definition) is 4. The number of rotatable bonds is 3. The molecule has 4 nitrogen and oxygen atoms in total. The Morgan fingerprint density at radius 2 is 2.00 bits per heavy atom. The van der Waals surface area contributed by atoms with Crippen LogP contribution in [0, 0.1) is 17.8 Å². The van der Waals surface area contributed by atoms with E-state index >= 15 is 0 Å². The van der Waals surface area contributed by atoms with E-state index in [1.54, 1.807) is 6.07 Å². The number of hydrogen-bond donors (Lipinski definition) is 1. The largest absolute Gasteiger partial charge is 0.506 e. The fourth-order valence-corrected chi connectivity index (χ4v) is 3.87. The number of ketones is 1. The third-order valence-electron chi connectivity index (χ3n) is 4.94. The van der Waals surface area contributed by atoms with Gasteiger partial charge in [0.05, 0.1) is 12.2 Å². The number of pyridine rings is 1. The molecular weight excluding hydrogens is 252 g/mol. The molecular formula is C16H22N2O2. The first-order valence-corrected chi connectivity index (χ1v) is 7.48. The van der Waals surface area contributed by atoms with Gasteiger partial charge >= 0.3 is 0 Å². The fourth-order valence-electron chi connectivity index (χ4n) is 3.87. The molecule has 1 saturated heterocycles. The first kappa shape index (κ1) is 13.6. The van der Waals surface area contributed by atoms with Crippen LogP contribution in [0.15, 0.2) is 18.3 Å². The molecule has 1 aromatic heterocycles. The van der Waals surface area contributed by atoms with Crippen molar-refractivity contribution in [1.82, 2.24) is 9.88 Å². The molecule has 2 heterocycles. The van der Waals surface area contributed by atoms with E-state index in [1.165, 1.54) is 25.1 Å². The predicted octanol–water partition coefficient (Wildman–Crippen LogP) is 2.34. The van der Waals surface area contributed by atoms with E-state index in [0.29, 0.717) is 5.69 Å². The van der Waals surface area contributed by atoms with Crippen molar-refractivity contribution >= 4 is 5.78 Å². The van der Waals surface area contributed by atoms with Crippen molar-refractivity contribution in [1.29, 1.82) is 0 Å². The van der Waals surface area contributed by atoms with Gasteiger partial charge in [0.15, 0.2) is 5.78 Å². The zero-order valence-electron chi connectivity index (χ0n) is 12.1. The van der Waals surface area contributed by atoms with Crippen molar-refractivity contribution in [3.05, 3.63) is 24.0 Å². The highest BCUT2D eigenvalue weighted by atomic mass is 16.3. The lowest BCUT2D eigenvalue weighted by Crippen LogP contribution is -2.38. The van der Waals surface area contributed by atoms with Crippen LogP contribution in [-0.4, -0.2) is 39.9 Å². The smallest absolute Gasteiger partial charge is 0.197 e. The van der Waals surface area contributed by atoms with Crippen molar-refractivity contribution in [2.24, 2.45) is 17.8 Å². The van der Waals surface area contributed by atoms with Crippen LogP contribution in [-0.2, 0) is 0 Å². The average molecular weight is 274 g/mol. The van der Waals surface area contributed by atoms with Crippen LogP contribution < -0.4 is 0 Å². The molecule has 4 atom stereocenters. The minimum absolute atomic E-state index is 0.0537. The molecule has 0 amide bonds. The number of carbonyl (C=O) groups excluding carboxylic acids is 1. The summed E-state index contributed by atoms with van der Waals surface area (Å²) in [5.41, 5.74) is 0.445. The Balaban J connectivity index is 1.66. The summed E-state index contributed by atoms with van der Waals surface area (Å²) < 4.78 is 0. The van der Waals surface area contributed by atoms with E-state index in [-0.39, 0.29) is 17.6 Å². The molecule has 0 bridgehead atoms. The van der Waals surface area contributed by atoms with Gasteiger partial charge in [0.2, 0.25) is 0 Å².